The van der Waals surface area contributed by atoms with E-state index >= 15 is 0 Å². The predicted octanol–water partition coefficient (Wildman–Crippen LogP) is 4.04. The van der Waals surface area contributed by atoms with E-state index in [2.05, 4.69) is 29.6 Å². The summed E-state index contributed by atoms with van der Waals surface area (Å²) in [7, 11) is 1.65. The van der Waals surface area contributed by atoms with Crippen LogP contribution in [0.3, 0.4) is 0 Å². The molecular weight excluding hydrogens is 424 g/mol. The summed E-state index contributed by atoms with van der Waals surface area (Å²) in [5.74, 6) is 0.275. The third-order valence-electron chi connectivity index (χ3n) is 5.87. The number of aromatic nitrogens is 2. The van der Waals surface area contributed by atoms with Gasteiger partial charge in [-0.2, -0.15) is 5.10 Å². The van der Waals surface area contributed by atoms with Gasteiger partial charge in [0.25, 0.3) is 5.91 Å². The molecule has 1 aliphatic rings. The summed E-state index contributed by atoms with van der Waals surface area (Å²) in [6.07, 6.45) is 5.09. The number of thiophene rings is 1. The summed E-state index contributed by atoms with van der Waals surface area (Å²) in [4.78, 5) is 27.2. The van der Waals surface area contributed by atoms with Gasteiger partial charge < -0.3 is 15.4 Å². The summed E-state index contributed by atoms with van der Waals surface area (Å²) in [5.41, 5.74) is 4.65. The minimum Gasteiger partial charge on any atom is -0.385 e. The van der Waals surface area contributed by atoms with Crippen molar-refractivity contribution in [3.63, 3.8) is 0 Å². The van der Waals surface area contributed by atoms with Crippen molar-refractivity contribution in [2.45, 2.75) is 72.8 Å². The first kappa shape index (κ1) is 24.5. The highest BCUT2D eigenvalue weighted by Crippen LogP contribution is 2.38. The number of methoxy groups -OCH3 is 1. The van der Waals surface area contributed by atoms with Gasteiger partial charge in [0.2, 0.25) is 5.91 Å². The van der Waals surface area contributed by atoms with E-state index in [1.807, 2.05) is 18.5 Å². The number of carbonyl (C=O) groups excluding carboxylic acids is 2. The highest BCUT2D eigenvalue weighted by molar-refractivity contribution is 7.17. The summed E-state index contributed by atoms with van der Waals surface area (Å²) >= 11 is 1.56. The summed E-state index contributed by atoms with van der Waals surface area (Å²) in [6, 6.07) is 0. The SMILES string of the molecule is COCCCNC(=O)c1c(NC(=O)Cc2c(C)nn(CC(C)C)c2C)sc2c1CCCC2. The third kappa shape index (κ3) is 5.78. The Hall–Kier alpha value is -2.19. The minimum absolute atomic E-state index is 0.104. The molecule has 0 radical (unpaired) electrons. The van der Waals surface area contributed by atoms with Gasteiger partial charge in [-0.15, -0.1) is 11.3 Å². The van der Waals surface area contributed by atoms with Gasteiger partial charge in [-0.05, 0) is 57.4 Å². The monoisotopic (exact) mass is 460 g/mol. The Labute approximate surface area is 194 Å². The number of hydrogen-bond acceptors (Lipinski definition) is 5. The second kappa shape index (κ2) is 11.1. The molecule has 0 atom stereocenters. The Morgan fingerprint density at radius 1 is 1.22 bits per heavy atom. The van der Waals surface area contributed by atoms with Gasteiger partial charge in [-0.3, -0.25) is 14.3 Å². The molecule has 0 bridgehead atoms. The van der Waals surface area contributed by atoms with Crippen molar-refractivity contribution >= 4 is 28.2 Å². The van der Waals surface area contributed by atoms with E-state index in [-0.39, 0.29) is 18.2 Å². The molecule has 1 aliphatic carbocycles. The number of nitrogens with zero attached hydrogens (tertiary/aromatic N) is 2. The van der Waals surface area contributed by atoms with Crippen LogP contribution in [0.2, 0.25) is 0 Å². The smallest absolute Gasteiger partial charge is 0.254 e. The van der Waals surface area contributed by atoms with Gasteiger partial charge >= 0.3 is 0 Å². The normalized spacial score (nSPS) is 13.3. The largest absolute Gasteiger partial charge is 0.385 e. The molecule has 2 N–H and O–H groups in total. The van der Waals surface area contributed by atoms with Crippen LogP contribution in [0, 0.1) is 19.8 Å². The first-order valence-electron chi connectivity index (χ1n) is 11.6. The number of anilines is 1. The molecule has 0 aromatic carbocycles. The number of aryl methyl sites for hydroxylation is 2. The van der Waals surface area contributed by atoms with Gasteiger partial charge in [0.1, 0.15) is 5.00 Å². The molecule has 8 heteroatoms. The van der Waals surface area contributed by atoms with Crippen LogP contribution in [0.25, 0.3) is 0 Å². The zero-order valence-corrected chi connectivity index (χ0v) is 20.8. The molecule has 2 aromatic heterocycles. The Kier molecular flexibility index (Phi) is 8.48. The predicted molar refractivity (Wildman–Crippen MR) is 129 cm³/mol. The molecule has 0 saturated carbocycles. The molecule has 3 rings (SSSR count). The second-order valence-corrected chi connectivity index (χ2v) is 10.1. The van der Waals surface area contributed by atoms with Crippen LogP contribution >= 0.6 is 11.3 Å². The molecule has 0 spiro atoms. The van der Waals surface area contributed by atoms with Crippen molar-refractivity contribution in [3.05, 3.63) is 33.0 Å². The van der Waals surface area contributed by atoms with Gasteiger partial charge in [-0.25, -0.2) is 0 Å². The van der Waals surface area contributed by atoms with E-state index < -0.39 is 0 Å². The van der Waals surface area contributed by atoms with Crippen LogP contribution < -0.4 is 10.6 Å². The van der Waals surface area contributed by atoms with Crippen LogP contribution in [0.4, 0.5) is 5.00 Å². The van der Waals surface area contributed by atoms with E-state index in [0.29, 0.717) is 29.6 Å². The van der Waals surface area contributed by atoms with E-state index in [1.54, 1.807) is 18.4 Å². The molecule has 2 amide bonds. The fourth-order valence-corrected chi connectivity index (χ4v) is 5.55. The van der Waals surface area contributed by atoms with Crippen molar-refractivity contribution < 1.29 is 14.3 Å². The highest BCUT2D eigenvalue weighted by Gasteiger charge is 2.26. The quantitative estimate of drug-likeness (QED) is 0.524. The molecule has 7 nitrogen and oxygen atoms in total. The molecule has 0 unspecified atom stereocenters. The van der Waals surface area contributed by atoms with Crippen molar-refractivity contribution in [2.75, 3.05) is 25.6 Å². The zero-order chi connectivity index (χ0) is 23.3. The van der Waals surface area contributed by atoms with E-state index in [9.17, 15) is 9.59 Å². The lowest BCUT2D eigenvalue weighted by Crippen LogP contribution is -2.27. The molecule has 0 fully saturated rings. The fourth-order valence-electron chi connectivity index (χ4n) is 4.25. The summed E-state index contributed by atoms with van der Waals surface area (Å²) < 4.78 is 7.06. The molecule has 176 valence electrons. The molecule has 2 heterocycles. The lowest BCUT2D eigenvalue weighted by atomic mass is 9.95. The van der Waals surface area contributed by atoms with Gasteiger partial charge in [0, 0.05) is 42.9 Å². The van der Waals surface area contributed by atoms with Gasteiger partial charge in [0.15, 0.2) is 0 Å². The molecular formula is C24H36N4O3S. The van der Waals surface area contributed by atoms with Crippen LogP contribution in [0.1, 0.15) is 70.9 Å². The first-order chi connectivity index (χ1) is 15.3. The fraction of sp³-hybridized carbons (Fsp3) is 0.625. The lowest BCUT2D eigenvalue weighted by Gasteiger charge is -2.13. The molecule has 2 aromatic rings. The average Bonchev–Trinajstić information content (AvgIpc) is 3.22. The maximum Gasteiger partial charge on any atom is 0.254 e. The van der Waals surface area contributed by atoms with Gasteiger partial charge in [0.05, 0.1) is 17.7 Å². The van der Waals surface area contributed by atoms with Crippen LogP contribution in [0.5, 0.6) is 0 Å². The van der Waals surface area contributed by atoms with Crippen molar-refractivity contribution in [3.8, 4) is 0 Å². The Bertz CT molecular complexity index is 961. The maximum absolute atomic E-state index is 13.0. The van der Waals surface area contributed by atoms with Crippen molar-refractivity contribution in [1.29, 1.82) is 0 Å². The molecule has 0 saturated heterocycles. The number of rotatable bonds is 10. The van der Waals surface area contributed by atoms with Crippen molar-refractivity contribution in [1.82, 2.24) is 15.1 Å². The standard InChI is InChI=1S/C24H36N4O3S/c1-15(2)14-28-17(4)19(16(3)27-28)13-21(29)26-24-22(23(30)25-11-8-12-31-5)18-9-6-7-10-20(18)32-24/h15H,6-14H2,1-5H3,(H,25,30)(H,26,29). The minimum atomic E-state index is -0.104. The van der Waals surface area contributed by atoms with Crippen LogP contribution in [-0.4, -0.2) is 41.9 Å². The number of carbonyl (C=O) groups is 2. The maximum atomic E-state index is 13.0. The van der Waals surface area contributed by atoms with E-state index in [1.165, 1.54) is 4.88 Å². The van der Waals surface area contributed by atoms with Crippen molar-refractivity contribution in [2.24, 2.45) is 5.92 Å². The van der Waals surface area contributed by atoms with E-state index in [4.69, 9.17) is 4.74 Å². The summed E-state index contributed by atoms with van der Waals surface area (Å²) in [5, 5.41) is 11.4. The first-order valence-corrected chi connectivity index (χ1v) is 12.4. The summed E-state index contributed by atoms with van der Waals surface area (Å²) in [6.45, 7) is 10.3. The lowest BCUT2D eigenvalue weighted by molar-refractivity contribution is -0.115. The average molecular weight is 461 g/mol. The zero-order valence-electron chi connectivity index (χ0n) is 20.0. The molecule has 0 aliphatic heterocycles. The number of ether oxygens (including phenoxy) is 1. The Morgan fingerprint density at radius 3 is 2.69 bits per heavy atom. The number of fused-ring (bicyclic) bond motifs is 1. The van der Waals surface area contributed by atoms with Gasteiger partial charge in [-0.1, -0.05) is 13.8 Å². The topological polar surface area (TPSA) is 85.2 Å². The second-order valence-electron chi connectivity index (χ2n) is 8.97. The van der Waals surface area contributed by atoms with E-state index in [0.717, 1.165) is 61.2 Å². The highest BCUT2D eigenvalue weighted by atomic mass is 32.1. The Morgan fingerprint density at radius 2 is 1.97 bits per heavy atom. The third-order valence-corrected chi connectivity index (χ3v) is 7.08. The number of amides is 2. The molecule has 32 heavy (non-hydrogen) atoms. The Balaban J connectivity index is 1.77. The van der Waals surface area contributed by atoms with Crippen LogP contribution in [0.15, 0.2) is 0 Å². The number of hydrogen-bond donors (Lipinski definition) is 2. The number of nitrogens with one attached hydrogen (secondary N) is 2. The van der Waals surface area contributed by atoms with Crippen LogP contribution in [-0.2, 0) is 35.3 Å².